The second kappa shape index (κ2) is 3.09. The molecule has 0 aliphatic carbocycles. The van der Waals surface area contributed by atoms with Crippen molar-refractivity contribution in [1.82, 2.24) is 0 Å². The van der Waals surface area contributed by atoms with E-state index in [2.05, 4.69) is 0 Å². The van der Waals surface area contributed by atoms with Crippen molar-refractivity contribution in [3.63, 3.8) is 0 Å². The van der Waals surface area contributed by atoms with Gasteiger partial charge in [0.15, 0.2) is 5.76 Å². The Morgan fingerprint density at radius 2 is 2.18 bits per heavy atom. The van der Waals surface area contributed by atoms with E-state index >= 15 is 0 Å². The van der Waals surface area contributed by atoms with Crippen molar-refractivity contribution in [3.05, 3.63) is 23.7 Å². The third-order valence-electron chi connectivity index (χ3n) is 1.39. The molecule has 1 heterocycles. The summed E-state index contributed by atoms with van der Waals surface area (Å²) >= 11 is 5.19. The molecule has 0 unspecified atom stereocenters. The number of carbonyl (C=O) groups excluding carboxylic acids is 1. The van der Waals surface area contributed by atoms with Gasteiger partial charge in [0, 0.05) is 5.92 Å². The van der Waals surface area contributed by atoms with E-state index in [-0.39, 0.29) is 5.76 Å². The van der Waals surface area contributed by atoms with Gasteiger partial charge in [0.25, 0.3) is 5.24 Å². The van der Waals surface area contributed by atoms with E-state index in [0.29, 0.717) is 5.92 Å². The van der Waals surface area contributed by atoms with Crippen molar-refractivity contribution in [1.29, 1.82) is 0 Å². The highest BCUT2D eigenvalue weighted by Gasteiger charge is 2.09. The maximum Gasteiger partial charge on any atom is 0.287 e. The van der Waals surface area contributed by atoms with Crippen LogP contribution >= 0.6 is 11.6 Å². The number of hydrogen-bond acceptors (Lipinski definition) is 2. The highest BCUT2D eigenvalue weighted by Crippen LogP contribution is 2.18. The largest absolute Gasteiger partial charge is 0.456 e. The lowest BCUT2D eigenvalue weighted by atomic mass is 10.2. The van der Waals surface area contributed by atoms with E-state index in [1.165, 1.54) is 0 Å². The molecule has 0 atom stereocenters. The molecule has 0 aliphatic rings. The van der Waals surface area contributed by atoms with Gasteiger partial charge in [-0.3, -0.25) is 4.79 Å². The summed E-state index contributed by atoms with van der Waals surface area (Å²) in [5.41, 5.74) is 0. The van der Waals surface area contributed by atoms with Crippen molar-refractivity contribution in [3.8, 4) is 0 Å². The molecule has 1 rings (SSSR count). The molecule has 0 aliphatic heterocycles. The van der Waals surface area contributed by atoms with E-state index < -0.39 is 5.24 Å². The van der Waals surface area contributed by atoms with Crippen molar-refractivity contribution < 1.29 is 9.21 Å². The zero-order chi connectivity index (χ0) is 8.43. The Bertz CT molecular complexity index is 263. The van der Waals surface area contributed by atoms with Crippen LogP contribution in [0.3, 0.4) is 0 Å². The molecule has 3 heteroatoms. The van der Waals surface area contributed by atoms with Gasteiger partial charge in [-0.15, -0.1) is 0 Å². The van der Waals surface area contributed by atoms with Crippen LogP contribution in [0.1, 0.15) is 36.1 Å². The molecule has 1 aromatic rings. The number of halogens is 1. The van der Waals surface area contributed by atoms with Crippen molar-refractivity contribution >= 4 is 16.8 Å². The van der Waals surface area contributed by atoms with E-state index in [4.69, 9.17) is 16.0 Å². The summed E-state index contributed by atoms with van der Waals surface area (Å²) in [4.78, 5) is 10.6. The molecule has 2 nitrogen and oxygen atoms in total. The predicted molar refractivity (Wildman–Crippen MR) is 43.0 cm³/mol. The maximum absolute atomic E-state index is 10.6. The second-order valence-electron chi connectivity index (χ2n) is 2.63. The van der Waals surface area contributed by atoms with Crippen LogP contribution in [0.4, 0.5) is 0 Å². The topological polar surface area (TPSA) is 30.2 Å². The highest BCUT2D eigenvalue weighted by molar-refractivity contribution is 6.67. The maximum atomic E-state index is 10.6. The van der Waals surface area contributed by atoms with Crippen LogP contribution in [0.25, 0.3) is 0 Å². The Morgan fingerprint density at radius 3 is 2.45 bits per heavy atom. The van der Waals surface area contributed by atoms with Crippen LogP contribution < -0.4 is 0 Å². The smallest absolute Gasteiger partial charge is 0.287 e. The van der Waals surface area contributed by atoms with Crippen LogP contribution in [0.15, 0.2) is 16.5 Å². The molecule has 0 saturated heterocycles. The fourth-order valence-electron chi connectivity index (χ4n) is 0.769. The molecule has 1 aromatic heterocycles. The lowest BCUT2D eigenvalue weighted by Gasteiger charge is -1.96. The molecule has 60 valence electrons. The first-order chi connectivity index (χ1) is 5.11. The summed E-state index contributed by atoms with van der Waals surface area (Å²) in [5.74, 6) is 1.30. The summed E-state index contributed by atoms with van der Waals surface area (Å²) in [6.45, 7) is 3.97. The zero-order valence-electron chi connectivity index (χ0n) is 6.43. The standard InChI is InChI=1S/C8H9ClO2/c1-5(2)6-3-4-7(11-6)8(9)10/h3-5H,1-2H3. The number of furan rings is 1. The fourth-order valence-corrected chi connectivity index (χ4v) is 0.870. The normalized spacial score (nSPS) is 10.5. The Kier molecular flexibility index (Phi) is 2.35. The van der Waals surface area contributed by atoms with Gasteiger partial charge in [-0.1, -0.05) is 13.8 Å². The SMILES string of the molecule is CC(C)c1ccc(C(=O)Cl)o1. The molecule has 0 radical (unpaired) electrons. The number of rotatable bonds is 2. The van der Waals surface area contributed by atoms with Gasteiger partial charge in [-0.25, -0.2) is 0 Å². The van der Waals surface area contributed by atoms with Crippen LogP contribution in [-0.4, -0.2) is 5.24 Å². The second-order valence-corrected chi connectivity index (χ2v) is 2.97. The van der Waals surface area contributed by atoms with Crippen LogP contribution in [-0.2, 0) is 0 Å². The summed E-state index contributed by atoms with van der Waals surface area (Å²) in [7, 11) is 0. The first-order valence-electron chi connectivity index (χ1n) is 3.41. The molecule has 11 heavy (non-hydrogen) atoms. The Morgan fingerprint density at radius 1 is 1.55 bits per heavy atom. The van der Waals surface area contributed by atoms with E-state index in [9.17, 15) is 4.79 Å². The lowest BCUT2D eigenvalue weighted by Crippen LogP contribution is -1.84. The quantitative estimate of drug-likeness (QED) is 0.643. The van der Waals surface area contributed by atoms with E-state index in [1.807, 2.05) is 13.8 Å². The first-order valence-corrected chi connectivity index (χ1v) is 3.78. The molecule has 0 saturated carbocycles. The Labute approximate surface area is 70.2 Å². The van der Waals surface area contributed by atoms with Crippen LogP contribution in [0.2, 0.25) is 0 Å². The lowest BCUT2D eigenvalue weighted by molar-refractivity contribution is 0.105. The minimum atomic E-state index is -0.545. The summed E-state index contributed by atoms with van der Waals surface area (Å²) in [5, 5.41) is -0.545. The monoisotopic (exact) mass is 172 g/mol. The van der Waals surface area contributed by atoms with Gasteiger partial charge in [-0.2, -0.15) is 0 Å². The molecule has 0 N–H and O–H groups in total. The third-order valence-corrected chi connectivity index (χ3v) is 1.58. The van der Waals surface area contributed by atoms with Gasteiger partial charge in [0.2, 0.25) is 0 Å². The molecule has 0 fully saturated rings. The van der Waals surface area contributed by atoms with Gasteiger partial charge >= 0.3 is 0 Å². The molecular formula is C8H9ClO2. The van der Waals surface area contributed by atoms with Gasteiger partial charge < -0.3 is 4.42 Å². The van der Waals surface area contributed by atoms with Crippen molar-refractivity contribution in [2.24, 2.45) is 0 Å². The van der Waals surface area contributed by atoms with Gasteiger partial charge in [-0.05, 0) is 23.7 Å². The molecule has 0 amide bonds. The Hall–Kier alpha value is -0.760. The van der Waals surface area contributed by atoms with Crippen molar-refractivity contribution in [2.45, 2.75) is 19.8 Å². The average Bonchev–Trinajstić information content (AvgIpc) is 2.33. The van der Waals surface area contributed by atoms with E-state index in [1.54, 1.807) is 12.1 Å². The van der Waals surface area contributed by atoms with E-state index in [0.717, 1.165) is 5.76 Å². The number of carbonyl (C=O) groups is 1. The summed E-state index contributed by atoms with van der Waals surface area (Å²) in [6.07, 6.45) is 0. The minimum absolute atomic E-state index is 0.218. The Balaban J connectivity index is 2.90. The fraction of sp³-hybridized carbons (Fsp3) is 0.375. The first kappa shape index (κ1) is 8.34. The number of hydrogen-bond donors (Lipinski definition) is 0. The third kappa shape index (κ3) is 1.84. The van der Waals surface area contributed by atoms with Crippen LogP contribution in [0, 0.1) is 0 Å². The van der Waals surface area contributed by atoms with Gasteiger partial charge in [0.05, 0.1) is 0 Å². The highest BCUT2D eigenvalue weighted by atomic mass is 35.5. The molecule has 0 aromatic carbocycles. The zero-order valence-corrected chi connectivity index (χ0v) is 7.18. The summed E-state index contributed by atoms with van der Waals surface area (Å²) in [6, 6.07) is 3.35. The summed E-state index contributed by atoms with van der Waals surface area (Å²) < 4.78 is 5.12. The predicted octanol–water partition coefficient (Wildman–Crippen LogP) is 2.78. The molecular weight excluding hydrogens is 164 g/mol. The van der Waals surface area contributed by atoms with Gasteiger partial charge in [0.1, 0.15) is 5.76 Å². The molecule has 0 bridgehead atoms. The van der Waals surface area contributed by atoms with Crippen molar-refractivity contribution in [2.75, 3.05) is 0 Å². The molecule has 0 spiro atoms. The minimum Gasteiger partial charge on any atom is -0.456 e. The van der Waals surface area contributed by atoms with Crippen LogP contribution in [0.5, 0.6) is 0 Å². The average molecular weight is 173 g/mol.